The van der Waals surface area contributed by atoms with Gasteiger partial charge in [-0.2, -0.15) is 0 Å². The lowest BCUT2D eigenvalue weighted by Crippen LogP contribution is -2.36. The molecule has 0 spiro atoms. The SMILES string of the molecule is CC(C)(C)OC(=O)N1C[C@H](F)CC1c1cc(C(=O)O)no1. The Labute approximate surface area is 120 Å². The molecule has 1 unspecified atom stereocenters. The number of halogens is 1. The molecule has 2 atom stereocenters. The van der Waals surface area contributed by atoms with E-state index in [0.717, 1.165) is 0 Å². The molecule has 1 aliphatic rings. The number of hydrogen-bond donors (Lipinski definition) is 1. The molecule has 7 nitrogen and oxygen atoms in total. The van der Waals surface area contributed by atoms with Gasteiger partial charge in [-0.3, -0.25) is 4.90 Å². The Morgan fingerprint density at radius 1 is 1.52 bits per heavy atom. The zero-order valence-corrected chi connectivity index (χ0v) is 12.0. The third-order valence-corrected chi connectivity index (χ3v) is 2.95. The first kappa shape index (κ1) is 15.3. The van der Waals surface area contributed by atoms with E-state index in [4.69, 9.17) is 14.4 Å². The van der Waals surface area contributed by atoms with Gasteiger partial charge in [0.05, 0.1) is 12.6 Å². The van der Waals surface area contributed by atoms with E-state index in [9.17, 15) is 14.0 Å². The summed E-state index contributed by atoms with van der Waals surface area (Å²) in [5.41, 5.74) is -0.986. The molecule has 0 aliphatic carbocycles. The molecule has 1 aliphatic heterocycles. The van der Waals surface area contributed by atoms with Gasteiger partial charge in [0.1, 0.15) is 11.8 Å². The van der Waals surface area contributed by atoms with Crippen molar-refractivity contribution in [3.63, 3.8) is 0 Å². The molecule has 1 N–H and O–H groups in total. The monoisotopic (exact) mass is 300 g/mol. The first-order valence-electron chi connectivity index (χ1n) is 6.51. The van der Waals surface area contributed by atoms with Gasteiger partial charge in [-0.1, -0.05) is 5.16 Å². The lowest BCUT2D eigenvalue weighted by Gasteiger charge is -2.27. The summed E-state index contributed by atoms with van der Waals surface area (Å²) in [7, 11) is 0. The fraction of sp³-hybridized carbons (Fsp3) is 0.615. The van der Waals surface area contributed by atoms with Crippen LogP contribution in [-0.4, -0.2) is 45.5 Å². The molecule has 21 heavy (non-hydrogen) atoms. The lowest BCUT2D eigenvalue weighted by atomic mass is 10.1. The van der Waals surface area contributed by atoms with Crippen LogP contribution < -0.4 is 0 Å². The predicted octanol–water partition coefficient (Wildman–Crippen LogP) is 2.39. The number of hydrogen-bond acceptors (Lipinski definition) is 5. The smallest absolute Gasteiger partial charge is 0.411 e. The number of aromatic nitrogens is 1. The summed E-state index contributed by atoms with van der Waals surface area (Å²) < 4.78 is 23.8. The standard InChI is InChI=1S/C13H17FN2O5/c1-13(2,3)20-12(19)16-6-7(14)4-9(16)10-5-8(11(17)18)15-21-10/h5,7,9H,4,6H2,1-3H3,(H,17,18)/t7-,9?/m1/s1. The zero-order chi connectivity index (χ0) is 15.8. The Hall–Kier alpha value is -2.12. The Morgan fingerprint density at radius 3 is 2.71 bits per heavy atom. The second-order valence-electron chi connectivity index (χ2n) is 5.90. The van der Waals surface area contributed by atoms with E-state index in [2.05, 4.69) is 5.16 Å². The van der Waals surface area contributed by atoms with Crippen molar-refractivity contribution in [3.05, 3.63) is 17.5 Å². The minimum absolute atomic E-state index is 0.0213. The van der Waals surface area contributed by atoms with Gasteiger partial charge in [0.15, 0.2) is 11.5 Å². The number of carbonyl (C=O) groups excluding carboxylic acids is 1. The molecule has 1 fully saturated rings. The number of amides is 1. The van der Waals surface area contributed by atoms with Crippen molar-refractivity contribution in [1.82, 2.24) is 10.1 Å². The molecule has 0 radical (unpaired) electrons. The highest BCUT2D eigenvalue weighted by Crippen LogP contribution is 2.35. The van der Waals surface area contributed by atoms with Gasteiger partial charge < -0.3 is 14.4 Å². The normalized spacial score (nSPS) is 22.4. The molecule has 1 amide bonds. The summed E-state index contributed by atoms with van der Waals surface area (Å²) in [4.78, 5) is 24.1. The summed E-state index contributed by atoms with van der Waals surface area (Å²) in [6.45, 7) is 5.00. The Morgan fingerprint density at radius 2 is 2.19 bits per heavy atom. The number of carboxylic acid groups (broad SMARTS) is 1. The van der Waals surface area contributed by atoms with Crippen LogP contribution in [0, 0.1) is 0 Å². The number of carbonyl (C=O) groups is 2. The van der Waals surface area contributed by atoms with Crippen molar-refractivity contribution in [2.45, 2.75) is 45.0 Å². The average molecular weight is 300 g/mol. The number of rotatable bonds is 2. The van der Waals surface area contributed by atoms with E-state index < -0.39 is 29.9 Å². The molecule has 0 bridgehead atoms. The number of aromatic carboxylic acids is 1. The first-order valence-corrected chi connectivity index (χ1v) is 6.51. The highest BCUT2D eigenvalue weighted by Gasteiger charge is 2.40. The fourth-order valence-corrected chi connectivity index (χ4v) is 2.12. The zero-order valence-electron chi connectivity index (χ0n) is 12.0. The molecule has 0 saturated carbocycles. The van der Waals surface area contributed by atoms with Crippen LogP contribution in [0.2, 0.25) is 0 Å². The minimum Gasteiger partial charge on any atom is -0.476 e. The van der Waals surface area contributed by atoms with Gasteiger partial charge >= 0.3 is 12.1 Å². The Balaban J connectivity index is 2.19. The maximum Gasteiger partial charge on any atom is 0.411 e. The van der Waals surface area contributed by atoms with Crippen LogP contribution in [0.3, 0.4) is 0 Å². The van der Waals surface area contributed by atoms with Gasteiger partial charge in [0.25, 0.3) is 0 Å². The number of alkyl halides is 1. The topological polar surface area (TPSA) is 92.9 Å². The number of carboxylic acids is 1. The van der Waals surface area contributed by atoms with Crippen molar-refractivity contribution in [2.24, 2.45) is 0 Å². The van der Waals surface area contributed by atoms with E-state index in [-0.39, 0.29) is 24.4 Å². The molecule has 1 saturated heterocycles. The Bertz CT molecular complexity index is 551. The third kappa shape index (κ3) is 3.50. The molecule has 2 heterocycles. The highest BCUT2D eigenvalue weighted by molar-refractivity contribution is 5.85. The van der Waals surface area contributed by atoms with Crippen LogP contribution in [0.25, 0.3) is 0 Å². The summed E-state index contributed by atoms with van der Waals surface area (Å²) in [5, 5.41) is 12.2. The van der Waals surface area contributed by atoms with Crippen molar-refractivity contribution in [3.8, 4) is 0 Å². The highest BCUT2D eigenvalue weighted by atomic mass is 19.1. The van der Waals surface area contributed by atoms with Crippen molar-refractivity contribution >= 4 is 12.1 Å². The fourth-order valence-electron chi connectivity index (χ4n) is 2.12. The van der Waals surface area contributed by atoms with Crippen LogP contribution >= 0.6 is 0 Å². The van der Waals surface area contributed by atoms with Crippen LogP contribution in [0.1, 0.15) is 49.5 Å². The summed E-state index contributed by atoms with van der Waals surface area (Å²) in [6.07, 6.45) is -1.87. The van der Waals surface area contributed by atoms with E-state index in [1.165, 1.54) is 11.0 Å². The van der Waals surface area contributed by atoms with Crippen LogP contribution in [-0.2, 0) is 4.74 Å². The molecular formula is C13H17FN2O5. The van der Waals surface area contributed by atoms with Crippen molar-refractivity contribution < 1.29 is 28.3 Å². The second-order valence-corrected chi connectivity index (χ2v) is 5.90. The first-order chi connectivity index (χ1) is 9.67. The van der Waals surface area contributed by atoms with Crippen molar-refractivity contribution in [2.75, 3.05) is 6.54 Å². The van der Waals surface area contributed by atoms with E-state index >= 15 is 0 Å². The van der Waals surface area contributed by atoms with Gasteiger partial charge in [-0.25, -0.2) is 14.0 Å². The molecule has 0 aromatic carbocycles. The van der Waals surface area contributed by atoms with Gasteiger partial charge in [-0.15, -0.1) is 0 Å². The number of nitrogens with zero attached hydrogens (tertiary/aromatic N) is 2. The lowest BCUT2D eigenvalue weighted by molar-refractivity contribution is 0.0196. The molecule has 1 aromatic rings. The summed E-state index contributed by atoms with van der Waals surface area (Å²) in [5.74, 6) is -1.11. The van der Waals surface area contributed by atoms with Crippen LogP contribution in [0.4, 0.5) is 9.18 Å². The maximum absolute atomic E-state index is 13.6. The second kappa shape index (κ2) is 5.34. The van der Waals surface area contributed by atoms with Gasteiger partial charge in [0, 0.05) is 12.5 Å². The number of ether oxygens (including phenoxy) is 1. The molecular weight excluding hydrogens is 283 g/mol. The van der Waals surface area contributed by atoms with Gasteiger partial charge in [-0.05, 0) is 20.8 Å². The van der Waals surface area contributed by atoms with E-state index in [1.807, 2.05) is 0 Å². The number of likely N-dealkylation sites (tertiary alicyclic amines) is 1. The largest absolute Gasteiger partial charge is 0.476 e. The average Bonchev–Trinajstić information content (AvgIpc) is 2.92. The molecule has 1 aromatic heterocycles. The Kier molecular flexibility index (Phi) is 3.89. The predicted molar refractivity (Wildman–Crippen MR) is 68.7 cm³/mol. The summed E-state index contributed by atoms with van der Waals surface area (Å²) >= 11 is 0. The minimum atomic E-state index is -1.25. The van der Waals surface area contributed by atoms with E-state index in [0.29, 0.717) is 0 Å². The van der Waals surface area contributed by atoms with E-state index in [1.54, 1.807) is 20.8 Å². The van der Waals surface area contributed by atoms with Crippen LogP contribution in [0.5, 0.6) is 0 Å². The molecule has 116 valence electrons. The van der Waals surface area contributed by atoms with Gasteiger partial charge in [0.2, 0.25) is 0 Å². The third-order valence-electron chi connectivity index (χ3n) is 2.95. The summed E-state index contributed by atoms with van der Waals surface area (Å²) in [6, 6.07) is 0.484. The van der Waals surface area contributed by atoms with Crippen molar-refractivity contribution in [1.29, 1.82) is 0 Å². The molecule has 2 rings (SSSR count). The maximum atomic E-state index is 13.6. The molecule has 8 heteroatoms. The quantitative estimate of drug-likeness (QED) is 0.901. The van der Waals surface area contributed by atoms with Crippen LogP contribution in [0.15, 0.2) is 10.6 Å².